The summed E-state index contributed by atoms with van der Waals surface area (Å²) in [6, 6.07) is 14.2. The molecule has 2 heterocycles. The predicted molar refractivity (Wildman–Crippen MR) is 107 cm³/mol. The van der Waals surface area contributed by atoms with Crippen LogP contribution < -0.4 is 0 Å². The number of pyridine rings is 2. The van der Waals surface area contributed by atoms with E-state index in [2.05, 4.69) is 52.5 Å². The van der Waals surface area contributed by atoms with E-state index in [1.807, 2.05) is 32.2 Å². The number of carbonyl (C=O) groups excluding carboxylic acids is 1. The molecule has 0 bridgehead atoms. The van der Waals surface area contributed by atoms with Crippen LogP contribution in [-0.2, 0) is 0 Å². The normalized spacial score (nSPS) is 11.0. The predicted octanol–water partition coefficient (Wildman–Crippen LogP) is 5.70. The number of ketones is 1. The van der Waals surface area contributed by atoms with Crippen LogP contribution in [0, 0.1) is 6.92 Å². The lowest BCUT2D eigenvalue weighted by Gasteiger charge is -2.07. The van der Waals surface area contributed by atoms with Crippen molar-refractivity contribution in [2.24, 2.45) is 0 Å². The summed E-state index contributed by atoms with van der Waals surface area (Å²) in [5, 5.41) is 0. The number of carbonyl (C=O) groups is 1. The van der Waals surface area contributed by atoms with E-state index >= 15 is 0 Å². The Labute approximate surface area is 158 Å². The first-order valence-electron chi connectivity index (χ1n) is 8.51. The molecule has 3 nitrogen and oxygen atoms in total. The molecule has 3 aromatic rings. The minimum atomic E-state index is 0.118. The average molecular weight is 360 g/mol. The second kappa shape index (κ2) is 8.59. The monoisotopic (exact) mass is 360 g/mol. The van der Waals surface area contributed by atoms with Crippen LogP contribution in [-0.4, -0.2) is 15.8 Å². The van der Waals surface area contributed by atoms with Gasteiger partial charge >= 0.3 is 0 Å². The molecule has 26 heavy (non-hydrogen) atoms. The minimum absolute atomic E-state index is 0.118. The molecule has 4 heteroatoms. The number of hydrogen-bond donors (Lipinski definition) is 0. The van der Waals surface area contributed by atoms with Crippen molar-refractivity contribution in [2.75, 3.05) is 0 Å². The summed E-state index contributed by atoms with van der Waals surface area (Å²) in [5.74, 6) is 0.118. The topological polar surface area (TPSA) is 42.9 Å². The fourth-order valence-corrected chi connectivity index (χ4v) is 3.44. The highest BCUT2D eigenvalue weighted by atomic mass is 32.2. The minimum Gasteiger partial charge on any atom is -0.294 e. The summed E-state index contributed by atoms with van der Waals surface area (Å²) in [5.41, 5.74) is 3.96. The number of aromatic nitrogens is 2. The molecule has 3 rings (SSSR count). The van der Waals surface area contributed by atoms with Crippen molar-refractivity contribution in [3.63, 3.8) is 0 Å². The molecule has 0 aliphatic heterocycles. The molecular formula is C22H20N2OS. The number of aryl methyl sites for hydroxylation is 1. The fraction of sp³-hybridized carbons (Fsp3) is 0.136. The van der Waals surface area contributed by atoms with Gasteiger partial charge in [0.15, 0.2) is 5.78 Å². The van der Waals surface area contributed by atoms with Gasteiger partial charge in [0.05, 0.1) is 0 Å². The van der Waals surface area contributed by atoms with Gasteiger partial charge in [-0.3, -0.25) is 14.8 Å². The van der Waals surface area contributed by atoms with Crippen LogP contribution in [0.5, 0.6) is 0 Å². The van der Waals surface area contributed by atoms with Gasteiger partial charge in [0, 0.05) is 46.1 Å². The van der Waals surface area contributed by atoms with Crippen molar-refractivity contribution >= 4 is 29.7 Å². The molecule has 0 atom stereocenters. The van der Waals surface area contributed by atoms with Gasteiger partial charge in [-0.2, -0.15) is 0 Å². The smallest absolute Gasteiger partial charge is 0.165 e. The van der Waals surface area contributed by atoms with Crippen LogP contribution in [0.25, 0.3) is 12.2 Å². The molecule has 0 saturated heterocycles. The number of Topliss-reactive ketones (excluding diaryl/α,β-unsaturated/α-hetero) is 1. The maximum absolute atomic E-state index is 12.1. The van der Waals surface area contributed by atoms with Crippen LogP contribution in [0.1, 0.15) is 40.5 Å². The zero-order valence-electron chi connectivity index (χ0n) is 14.8. The van der Waals surface area contributed by atoms with Gasteiger partial charge < -0.3 is 0 Å². The second-order valence-electron chi connectivity index (χ2n) is 5.88. The highest BCUT2D eigenvalue weighted by Gasteiger charge is 2.10. The van der Waals surface area contributed by atoms with Gasteiger partial charge in [-0.1, -0.05) is 43.0 Å². The Morgan fingerprint density at radius 2 is 1.81 bits per heavy atom. The molecule has 2 aromatic heterocycles. The van der Waals surface area contributed by atoms with Crippen LogP contribution >= 0.6 is 11.8 Å². The summed E-state index contributed by atoms with van der Waals surface area (Å²) < 4.78 is 0. The molecule has 0 N–H and O–H groups in total. The highest BCUT2D eigenvalue weighted by Crippen LogP contribution is 2.31. The summed E-state index contributed by atoms with van der Waals surface area (Å²) in [6.45, 7) is 3.86. The van der Waals surface area contributed by atoms with Crippen molar-refractivity contribution in [1.82, 2.24) is 9.97 Å². The first-order valence-corrected chi connectivity index (χ1v) is 9.33. The lowest BCUT2D eigenvalue weighted by Crippen LogP contribution is -1.99. The SMILES string of the molecule is CCC(=O)c1cnccc1Sc1ccc(/C=C/c2ccnc(C)c2)cc1. The number of benzene rings is 1. The van der Waals surface area contributed by atoms with Gasteiger partial charge in [0.25, 0.3) is 0 Å². The number of nitrogens with zero attached hydrogens (tertiary/aromatic N) is 2. The summed E-state index contributed by atoms with van der Waals surface area (Å²) in [6.07, 6.45) is 9.85. The van der Waals surface area contributed by atoms with Crippen LogP contribution in [0.15, 0.2) is 70.8 Å². The maximum atomic E-state index is 12.1. The van der Waals surface area contributed by atoms with E-state index in [1.165, 1.54) is 0 Å². The molecule has 1 aromatic carbocycles. The third kappa shape index (κ3) is 4.67. The summed E-state index contributed by atoms with van der Waals surface area (Å²) in [4.78, 5) is 22.4. The molecule has 0 aliphatic rings. The largest absolute Gasteiger partial charge is 0.294 e. The van der Waals surface area contributed by atoms with Crippen molar-refractivity contribution in [2.45, 2.75) is 30.1 Å². The van der Waals surface area contributed by atoms with Gasteiger partial charge in [-0.25, -0.2) is 0 Å². The van der Waals surface area contributed by atoms with Crippen molar-refractivity contribution in [3.05, 3.63) is 83.4 Å². The van der Waals surface area contributed by atoms with Crippen LogP contribution in [0.4, 0.5) is 0 Å². The van der Waals surface area contributed by atoms with Crippen molar-refractivity contribution in [3.8, 4) is 0 Å². The highest BCUT2D eigenvalue weighted by molar-refractivity contribution is 7.99. The quantitative estimate of drug-likeness (QED) is 0.529. The molecule has 0 amide bonds. The summed E-state index contributed by atoms with van der Waals surface area (Å²) in [7, 11) is 0. The van der Waals surface area contributed by atoms with Gasteiger partial charge in [-0.05, 0) is 48.4 Å². The third-order valence-corrected chi connectivity index (χ3v) is 4.98. The van der Waals surface area contributed by atoms with E-state index in [0.29, 0.717) is 12.0 Å². The first kappa shape index (κ1) is 18.1. The Hall–Kier alpha value is -2.72. The Morgan fingerprint density at radius 1 is 1.04 bits per heavy atom. The molecule has 130 valence electrons. The zero-order chi connectivity index (χ0) is 18.4. The van der Waals surface area contributed by atoms with E-state index in [9.17, 15) is 4.79 Å². The summed E-state index contributed by atoms with van der Waals surface area (Å²) >= 11 is 1.59. The molecular weight excluding hydrogens is 340 g/mol. The van der Waals surface area contributed by atoms with Crippen LogP contribution in [0.3, 0.4) is 0 Å². The molecule has 0 fully saturated rings. The van der Waals surface area contributed by atoms with Gasteiger partial charge in [0.1, 0.15) is 0 Å². The Kier molecular flexibility index (Phi) is 5.97. The maximum Gasteiger partial charge on any atom is 0.165 e. The Balaban J connectivity index is 1.73. The van der Waals surface area contributed by atoms with E-state index in [4.69, 9.17) is 0 Å². The standard InChI is InChI=1S/C22H20N2OS/c1-3-21(25)20-15-23-12-11-22(20)26-19-8-6-17(7-9-19)4-5-18-10-13-24-16(2)14-18/h4-15H,3H2,1-2H3/b5-4+. The zero-order valence-corrected chi connectivity index (χ0v) is 15.7. The fourth-order valence-electron chi connectivity index (χ4n) is 2.51. The third-order valence-electron chi connectivity index (χ3n) is 3.90. The molecule has 0 spiro atoms. The Morgan fingerprint density at radius 3 is 2.54 bits per heavy atom. The Bertz CT molecular complexity index is 933. The van der Waals surface area contributed by atoms with Gasteiger partial charge in [0.2, 0.25) is 0 Å². The average Bonchev–Trinajstić information content (AvgIpc) is 2.67. The molecule has 0 saturated carbocycles. The molecule has 0 aliphatic carbocycles. The van der Waals surface area contributed by atoms with E-state index in [0.717, 1.165) is 26.6 Å². The molecule has 0 unspecified atom stereocenters. The molecule has 0 radical (unpaired) electrons. The van der Waals surface area contributed by atoms with Crippen LogP contribution in [0.2, 0.25) is 0 Å². The number of rotatable bonds is 6. The first-order chi connectivity index (χ1) is 12.7. The van der Waals surface area contributed by atoms with Crippen molar-refractivity contribution in [1.29, 1.82) is 0 Å². The second-order valence-corrected chi connectivity index (χ2v) is 7.00. The van der Waals surface area contributed by atoms with E-state index in [1.54, 1.807) is 24.2 Å². The lowest BCUT2D eigenvalue weighted by molar-refractivity contribution is 0.0985. The van der Waals surface area contributed by atoms with Crippen molar-refractivity contribution < 1.29 is 4.79 Å². The number of hydrogen-bond acceptors (Lipinski definition) is 4. The lowest BCUT2D eigenvalue weighted by atomic mass is 10.1. The van der Waals surface area contributed by atoms with Gasteiger partial charge in [-0.15, -0.1) is 0 Å². The van der Waals surface area contributed by atoms with E-state index in [-0.39, 0.29) is 5.78 Å². The van der Waals surface area contributed by atoms with E-state index < -0.39 is 0 Å².